The number of hydrogen-bond acceptors (Lipinski definition) is 3. The van der Waals surface area contributed by atoms with Crippen LogP contribution in [0.1, 0.15) is 49.3 Å². The van der Waals surface area contributed by atoms with Crippen molar-refractivity contribution < 1.29 is 9.53 Å². The van der Waals surface area contributed by atoms with Gasteiger partial charge in [-0.1, -0.05) is 50.2 Å². The van der Waals surface area contributed by atoms with Gasteiger partial charge in [0.15, 0.2) is 0 Å². The molecular weight excluding hydrogens is 310 g/mol. The lowest BCUT2D eigenvalue weighted by atomic mass is 9.96. The van der Waals surface area contributed by atoms with E-state index in [-0.39, 0.29) is 11.9 Å². The predicted molar refractivity (Wildman–Crippen MR) is 104 cm³/mol. The summed E-state index contributed by atoms with van der Waals surface area (Å²) in [6, 6.07) is 16.6. The Morgan fingerprint density at radius 2 is 1.48 bits per heavy atom. The van der Waals surface area contributed by atoms with Gasteiger partial charge in [-0.05, 0) is 41.7 Å². The first-order valence-corrected chi connectivity index (χ1v) is 8.91. The van der Waals surface area contributed by atoms with Gasteiger partial charge in [-0.3, -0.25) is 4.79 Å². The number of anilines is 1. The molecule has 1 atom stereocenters. The molecule has 0 fully saturated rings. The summed E-state index contributed by atoms with van der Waals surface area (Å²) in [4.78, 5) is 14.3. The third kappa shape index (κ3) is 5.35. The monoisotopic (exact) mass is 339 g/mol. The summed E-state index contributed by atoms with van der Waals surface area (Å²) in [7, 11) is 4.04. The Kier molecular flexibility index (Phi) is 6.63. The number of hydrogen-bond donors (Lipinski definition) is 0. The largest absolute Gasteiger partial charge is 0.465 e. The topological polar surface area (TPSA) is 29.5 Å². The van der Waals surface area contributed by atoms with Crippen molar-refractivity contribution in [2.75, 3.05) is 25.6 Å². The maximum absolute atomic E-state index is 12.3. The van der Waals surface area contributed by atoms with Crippen molar-refractivity contribution in [3.63, 3.8) is 0 Å². The van der Waals surface area contributed by atoms with Crippen LogP contribution in [0, 0.1) is 0 Å². The summed E-state index contributed by atoms with van der Waals surface area (Å²) in [5.41, 5.74) is 4.63. The molecule has 0 aromatic heterocycles. The van der Waals surface area contributed by atoms with Crippen molar-refractivity contribution in [1.82, 2.24) is 0 Å². The van der Waals surface area contributed by atoms with E-state index in [1.54, 1.807) is 0 Å². The molecule has 25 heavy (non-hydrogen) atoms. The molecule has 0 saturated carbocycles. The van der Waals surface area contributed by atoms with Crippen LogP contribution in [0.25, 0.3) is 0 Å². The second-order valence-electron chi connectivity index (χ2n) is 7.02. The third-order valence-electron chi connectivity index (χ3n) is 4.54. The molecule has 0 aliphatic carbocycles. The lowest BCUT2D eigenvalue weighted by molar-refractivity contribution is -0.144. The van der Waals surface area contributed by atoms with Crippen LogP contribution in [-0.2, 0) is 16.0 Å². The molecule has 3 nitrogen and oxygen atoms in total. The lowest BCUT2D eigenvalue weighted by Crippen LogP contribution is -2.15. The summed E-state index contributed by atoms with van der Waals surface area (Å²) in [6.07, 6.45) is 0.735. The van der Waals surface area contributed by atoms with E-state index < -0.39 is 0 Å². The van der Waals surface area contributed by atoms with E-state index in [1.165, 1.54) is 16.8 Å². The number of benzene rings is 2. The molecular formula is C22H29NO2. The molecule has 0 aliphatic rings. The molecule has 0 bridgehead atoms. The van der Waals surface area contributed by atoms with Crippen molar-refractivity contribution >= 4 is 11.7 Å². The summed E-state index contributed by atoms with van der Waals surface area (Å²) >= 11 is 0. The number of nitrogens with zero attached hydrogens (tertiary/aromatic N) is 1. The predicted octanol–water partition coefficient (Wildman–Crippen LogP) is 4.77. The van der Waals surface area contributed by atoms with Crippen LogP contribution >= 0.6 is 0 Å². The van der Waals surface area contributed by atoms with E-state index in [0.717, 1.165) is 12.0 Å². The number of rotatable bonds is 7. The Bertz CT molecular complexity index is 672. The second kappa shape index (κ2) is 8.70. The molecule has 0 aliphatic heterocycles. The molecule has 0 heterocycles. The van der Waals surface area contributed by atoms with Gasteiger partial charge in [0.25, 0.3) is 0 Å². The molecule has 3 heteroatoms. The number of carbonyl (C=O) groups is 1. The Morgan fingerprint density at radius 3 is 2.00 bits per heavy atom. The molecule has 2 aromatic rings. The lowest BCUT2D eigenvalue weighted by Gasteiger charge is -2.14. The fourth-order valence-electron chi connectivity index (χ4n) is 2.66. The zero-order chi connectivity index (χ0) is 18.4. The highest BCUT2D eigenvalue weighted by molar-refractivity contribution is 5.77. The fraction of sp³-hybridized carbons (Fsp3) is 0.409. The molecule has 0 radical (unpaired) electrons. The number of carbonyl (C=O) groups excluding carboxylic acids is 1. The smallest absolute Gasteiger partial charge is 0.313 e. The van der Waals surface area contributed by atoms with Crippen LogP contribution in [0.4, 0.5) is 5.69 Å². The van der Waals surface area contributed by atoms with E-state index in [9.17, 15) is 4.79 Å². The molecule has 0 saturated heterocycles. The molecule has 1 unspecified atom stereocenters. The van der Waals surface area contributed by atoms with Gasteiger partial charge in [-0.2, -0.15) is 0 Å². The first-order chi connectivity index (χ1) is 11.9. The SMILES string of the molecule is CC(C)c1ccc(C(C)C(=O)OCCc2ccc(N(C)C)cc2)cc1. The van der Waals surface area contributed by atoms with Crippen molar-refractivity contribution in [2.24, 2.45) is 0 Å². The Labute approximate surface area is 151 Å². The van der Waals surface area contributed by atoms with Gasteiger partial charge in [0.05, 0.1) is 12.5 Å². The van der Waals surface area contributed by atoms with E-state index in [2.05, 4.69) is 55.1 Å². The number of ether oxygens (including phenoxy) is 1. The van der Waals surface area contributed by atoms with Gasteiger partial charge in [-0.15, -0.1) is 0 Å². The average molecular weight is 339 g/mol. The van der Waals surface area contributed by atoms with E-state index in [1.807, 2.05) is 33.2 Å². The average Bonchev–Trinajstić information content (AvgIpc) is 2.61. The normalized spacial score (nSPS) is 12.1. The van der Waals surface area contributed by atoms with Crippen molar-refractivity contribution in [3.8, 4) is 0 Å². The Morgan fingerprint density at radius 1 is 0.920 bits per heavy atom. The van der Waals surface area contributed by atoms with E-state index in [4.69, 9.17) is 4.74 Å². The van der Waals surface area contributed by atoms with Crippen LogP contribution in [0.2, 0.25) is 0 Å². The fourth-order valence-corrected chi connectivity index (χ4v) is 2.66. The van der Waals surface area contributed by atoms with Gasteiger partial charge in [-0.25, -0.2) is 0 Å². The van der Waals surface area contributed by atoms with E-state index in [0.29, 0.717) is 12.5 Å². The molecule has 134 valence electrons. The minimum atomic E-state index is -0.239. The van der Waals surface area contributed by atoms with Gasteiger partial charge in [0.1, 0.15) is 0 Å². The molecule has 2 aromatic carbocycles. The first-order valence-electron chi connectivity index (χ1n) is 8.91. The van der Waals surface area contributed by atoms with Crippen LogP contribution in [0.15, 0.2) is 48.5 Å². The van der Waals surface area contributed by atoms with Crippen LogP contribution in [0.5, 0.6) is 0 Å². The highest BCUT2D eigenvalue weighted by Crippen LogP contribution is 2.21. The number of esters is 1. The zero-order valence-corrected chi connectivity index (χ0v) is 16.0. The van der Waals surface area contributed by atoms with Crippen LogP contribution in [0.3, 0.4) is 0 Å². The van der Waals surface area contributed by atoms with Crippen LogP contribution in [-0.4, -0.2) is 26.7 Å². The third-order valence-corrected chi connectivity index (χ3v) is 4.54. The van der Waals surface area contributed by atoms with Crippen molar-refractivity contribution in [2.45, 2.75) is 39.0 Å². The quantitative estimate of drug-likeness (QED) is 0.681. The van der Waals surface area contributed by atoms with Crippen LogP contribution < -0.4 is 4.90 Å². The molecule has 2 rings (SSSR count). The second-order valence-corrected chi connectivity index (χ2v) is 7.02. The summed E-state index contributed by atoms with van der Waals surface area (Å²) in [5, 5.41) is 0. The highest BCUT2D eigenvalue weighted by atomic mass is 16.5. The van der Waals surface area contributed by atoms with Gasteiger partial charge in [0, 0.05) is 26.2 Å². The van der Waals surface area contributed by atoms with E-state index >= 15 is 0 Å². The maximum atomic E-state index is 12.3. The molecule has 0 N–H and O–H groups in total. The van der Waals surface area contributed by atoms with Gasteiger partial charge >= 0.3 is 5.97 Å². The summed E-state index contributed by atoms with van der Waals surface area (Å²) < 4.78 is 5.47. The summed E-state index contributed by atoms with van der Waals surface area (Å²) in [5.74, 6) is 0.0923. The Balaban J connectivity index is 1.84. The highest BCUT2D eigenvalue weighted by Gasteiger charge is 2.16. The zero-order valence-electron chi connectivity index (χ0n) is 16.0. The Hall–Kier alpha value is -2.29. The van der Waals surface area contributed by atoms with Gasteiger partial charge < -0.3 is 9.64 Å². The first kappa shape index (κ1) is 19.0. The standard InChI is InChI=1S/C22H29NO2/c1-16(2)19-8-10-20(11-9-19)17(3)22(24)25-15-14-18-6-12-21(13-7-18)23(4)5/h6-13,16-17H,14-15H2,1-5H3. The minimum Gasteiger partial charge on any atom is -0.465 e. The maximum Gasteiger partial charge on any atom is 0.313 e. The summed E-state index contributed by atoms with van der Waals surface area (Å²) in [6.45, 7) is 6.64. The van der Waals surface area contributed by atoms with Crippen molar-refractivity contribution in [3.05, 3.63) is 65.2 Å². The molecule has 0 amide bonds. The van der Waals surface area contributed by atoms with Gasteiger partial charge in [0.2, 0.25) is 0 Å². The van der Waals surface area contributed by atoms with Crippen molar-refractivity contribution in [1.29, 1.82) is 0 Å². The molecule has 0 spiro atoms. The minimum absolute atomic E-state index is 0.165.